The van der Waals surface area contributed by atoms with Crippen molar-refractivity contribution < 1.29 is 17.9 Å². The first kappa shape index (κ1) is 19.9. The average molecular weight is 443 g/mol. The van der Waals surface area contributed by atoms with E-state index in [2.05, 4.69) is 16.7 Å². The highest BCUT2D eigenvalue weighted by Crippen LogP contribution is 2.24. The molecule has 130 valence electrons. The van der Waals surface area contributed by atoms with E-state index in [1.165, 1.54) is 18.2 Å². The largest absolute Gasteiger partial charge is 0.434 e. The zero-order chi connectivity index (χ0) is 16.1. The second-order valence-corrected chi connectivity index (χ2v) is 5.44. The van der Waals surface area contributed by atoms with Crippen molar-refractivity contribution in [3.05, 3.63) is 29.6 Å². The Morgan fingerprint density at radius 2 is 2.04 bits per heavy atom. The Morgan fingerprint density at radius 1 is 1.39 bits per heavy atom. The van der Waals surface area contributed by atoms with Crippen molar-refractivity contribution in [3.8, 4) is 5.75 Å². The van der Waals surface area contributed by atoms with Crippen molar-refractivity contribution in [3.63, 3.8) is 0 Å². The fourth-order valence-corrected chi connectivity index (χ4v) is 2.40. The van der Waals surface area contributed by atoms with E-state index in [1.54, 1.807) is 0 Å². The number of ether oxygens (including phenoxy) is 1. The highest BCUT2D eigenvalue weighted by Gasteiger charge is 2.18. The molecule has 1 saturated heterocycles. The van der Waals surface area contributed by atoms with Crippen LogP contribution in [-0.4, -0.2) is 30.6 Å². The van der Waals surface area contributed by atoms with Crippen molar-refractivity contribution in [1.82, 2.24) is 4.90 Å². The molecule has 2 N–H and O–H groups in total. The molecule has 4 nitrogen and oxygen atoms in total. The molecule has 8 heteroatoms. The minimum Gasteiger partial charge on any atom is -0.434 e. The van der Waals surface area contributed by atoms with Gasteiger partial charge in [-0.3, -0.25) is 0 Å². The Balaban J connectivity index is 0.00000264. The molecule has 2 rings (SSSR count). The first-order valence-corrected chi connectivity index (χ1v) is 7.24. The third-order valence-corrected chi connectivity index (χ3v) is 3.80. The highest BCUT2D eigenvalue weighted by atomic mass is 127. The molecule has 1 aliphatic rings. The molecule has 0 saturated carbocycles. The minimum absolute atomic E-state index is 0. The molecule has 0 spiro atoms. The summed E-state index contributed by atoms with van der Waals surface area (Å²) in [5.41, 5.74) is 5.89. The number of rotatable bonds is 4. The highest BCUT2D eigenvalue weighted by molar-refractivity contribution is 14.0. The van der Waals surface area contributed by atoms with E-state index in [0.717, 1.165) is 25.9 Å². The van der Waals surface area contributed by atoms with Gasteiger partial charge in [0, 0.05) is 13.1 Å². The summed E-state index contributed by atoms with van der Waals surface area (Å²) >= 11 is 0. The Bertz CT molecular complexity index is 535. The van der Waals surface area contributed by atoms with Gasteiger partial charge < -0.3 is 15.4 Å². The molecular weight excluding hydrogens is 422 g/mol. The SMILES string of the molecule is CC1CCN(C(N)=NCc2c(F)cccc2OC(F)F)CC1.I. The lowest BCUT2D eigenvalue weighted by molar-refractivity contribution is -0.0506. The van der Waals surface area contributed by atoms with E-state index in [1.807, 2.05) is 4.90 Å². The zero-order valence-corrected chi connectivity index (χ0v) is 15.2. The molecule has 0 unspecified atom stereocenters. The Kier molecular flexibility index (Phi) is 7.93. The molecule has 1 aromatic rings. The summed E-state index contributed by atoms with van der Waals surface area (Å²) in [5.74, 6) is 0.112. The third-order valence-electron chi connectivity index (χ3n) is 3.80. The van der Waals surface area contributed by atoms with E-state index in [0.29, 0.717) is 11.9 Å². The van der Waals surface area contributed by atoms with Gasteiger partial charge in [-0.2, -0.15) is 8.78 Å². The van der Waals surface area contributed by atoms with Crippen LogP contribution in [0.15, 0.2) is 23.2 Å². The van der Waals surface area contributed by atoms with Crippen molar-refractivity contribution in [2.45, 2.75) is 32.9 Å². The van der Waals surface area contributed by atoms with E-state index < -0.39 is 12.4 Å². The van der Waals surface area contributed by atoms with Crippen LogP contribution in [0.25, 0.3) is 0 Å². The molecule has 23 heavy (non-hydrogen) atoms. The normalized spacial score (nSPS) is 16.4. The summed E-state index contributed by atoms with van der Waals surface area (Å²) < 4.78 is 42.8. The molecule has 1 aromatic carbocycles. The molecule has 0 radical (unpaired) electrons. The number of piperidine rings is 1. The third kappa shape index (κ3) is 5.74. The van der Waals surface area contributed by atoms with Crippen LogP contribution < -0.4 is 10.5 Å². The maximum Gasteiger partial charge on any atom is 0.387 e. The predicted molar refractivity (Wildman–Crippen MR) is 93.7 cm³/mol. The second kappa shape index (κ2) is 9.19. The molecule has 0 bridgehead atoms. The number of nitrogens with two attached hydrogens (primary N) is 1. The number of hydrogen-bond donors (Lipinski definition) is 1. The van der Waals surface area contributed by atoms with Gasteiger partial charge in [0.2, 0.25) is 0 Å². The van der Waals surface area contributed by atoms with Gasteiger partial charge >= 0.3 is 6.61 Å². The van der Waals surface area contributed by atoms with E-state index in [9.17, 15) is 13.2 Å². The van der Waals surface area contributed by atoms with Gasteiger partial charge in [-0.15, -0.1) is 24.0 Å². The lowest BCUT2D eigenvalue weighted by Gasteiger charge is -2.31. The summed E-state index contributed by atoms with van der Waals surface area (Å²) in [6, 6.07) is 3.79. The standard InChI is InChI=1S/C15H20F3N3O.HI/c1-10-5-7-21(8-6-10)15(19)20-9-11-12(16)3-2-4-13(11)22-14(17)18;/h2-4,10,14H,5-9H2,1H3,(H2,19,20);1H. The van der Waals surface area contributed by atoms with Crippen LogP contribution in [0.1, 0.15) is 25.3 Å². The van der Waals surface area contributed by atoms with Gasteiger partial charge in [0.05, 0.1) is 12.1 Å². The quantitative estimate of drug-likeness (QED) is 0.440. The fraction of sp³-hybridized carbons (Fsp3) is 0.533. The Morgan fingerprint density at radius 3 is 2.65 bits per heavy atom. The molecule has 0 atom stereocenters. The van der Waals surface area contributed by atoms with Gasteiger partial charge in [-0.25, -0.2) is 9.38 Å². The Hall–Kier alpha value is -1.19. The van der Waals surface area contributed by atoms with Crippen molar-refractivity contribution in [2.75, 3.05) is 13.1 Å². The fourth-order valence-electron chi connectivity index (χ4n) is 2.40. The van der Waals surface area contributed by atoms with Crippen molar-refractivity contribution in [1.29, 1.82) is 0 Å². The minimum atomic E-state index is -3.01. The van der Waals surface area contributed by atoms with Gasteiger partial charge in [0.25, 0.3) is 0 Å². The van der Waals surface area contributed by atoms with Gasteiger partial charge in [-0.05, 0) is 30.9 Å². The van der Waals surface area contributed by atoms with E-state index in [4.69, 9.17) is 5.73 Å². The van der Waals surface area contributed by atoms with Crippen LogP contribution in [0.5, 0.6) is 5.75 Å². The zero-order valence-electron chi connectivity index (χ0n) is 12.8. The number of halogens is 4. The smallest absolute Gasteiger partial charge is 0.387 e. The lowest BCUT2D eigenvalue weighted by atomic mass is 10.00. The van der Waals surface area contributed by atoms with Gasteiger partial charge in [-0.1, -0.05) is 13.0 Å². The lowest BCUT2D eigenvalue weighted by Crippen LogP contribution is -2.42. The number of alkyl halides is 2. The maximum atomic E-state index is 13.8. The molecule has 0 aliphatic carbocycles. The molecule has 0 aromatic heterocycles. The van der Waals surface area contributed by atoms with Crippen LogP contribution in [0.4, 0.5) is 13.2 Å². The van der Waals surface area contributed by atoms with E-state index in [-0.39, 0.29) is 41.8 Å². The van der Waals surface area contributed by atoms with Crippen LogP contribution in [-0.2, 0) is 6.54 Å². The molecule has 1 fully saturated rings. The second-order valence-electron chi connectivity index (χ2n) is 5.44. The molecule has 1 aliphatic heterocycles. The summed E-state index contributed by atoms with van der Waals surface area (Å²) in [6.07, 6.45) is 2.05. The van der Waals surface area contributed by atoms with Crippen LogP contribution in [0, 0.1) is 11.7 Å². The van der Waals surface area contributed by atoms with Crippen molar-refractivity contribution >= 4 is 29.9 Å². The van der Waals surface area contributed by atoms with E-state index >= 15 is 0 Å². The number of hydrogen-bond acceptors (Lipinski definition) is 2. The first-order valence-electron chi connectivity index (χ1n) is 7.24. The van der Waals surface area contributed by atoms with Crippen LogP contribution in [0.2, 0.25) is 0 Å². The summed E-state index contributed by atoms with van der Waals surface area (Å²) in [4.78, 5) is 6.05. The topological polar surface area (TPSA) is 50.8 Å². The summed E-state index contributed by atoms with van der Waals surface area (Å²) in [5, 5.41) is 0. The Labute approximate surface area is 150 Å². The summed E-state index contributed by atoms with van der Waals surface area (Å²) in [7, 11) is 0. The number of guanidine groups is 1. The number of benzene rings is 1. The summed E-state index contributed by atoms with van der Waals surface area (Å²) in [6.45, 7) is 0.637. The van der Waals surface area contributed by atoms with Gasteiger partial charge in [0.15, 0.2) is 5.96 Å². The number of nitrogens with zero attached hydrogens (tertiary/aromatic N) is 2. The predicted octanol–water partition coefficient (Wildman–Crippen LogP) is 3.59. The maximum absolute atomic E-state index is 13.8. The average Bonchev–Trinajstić information content (AvgIpc) is 2.46. The molecular formula is C15H21F3IN3O. The number of likely N-dealkylation sites (tertiary alicyclic amines) is 1. The van der Waals surface area contributed by atoms with Crippen LogP contribution >= 0.6 is 24.0 Å². The molecule has 1 heterocycles. The van der Waals surface area contributed by atoms with Crippen molar-refractivity contribution in [2.24, 2.45) is 16.6 Å². The monoisotopic (exact) mass is 443 g/mol. The van der Waals surface area contributed by atoms with Crippen LogP contribution in [0.3, 0.4) is 0 Å². The number of aliphatic imine (C=N–C) groups is 1. The molecule has 0 amide bonds. The van der Waals surface area contributed by atoms with Gasteiger partial charge in [0.1, 0.15) is 11.6 Å². The first-order chi connectivity index (χ1) is 10.5.